The number of carbonyl (C=O) groups is 2. The predicted octanol–water partition coefficient (Wildman–Crippen LogP) is 4.37. The first-order valence-electron chi connectivity index (χ1n) is 10.2. The zero-order valence-electron chi connectivity index (χ0n) is 17.6. The molecule has 0 aliphatic carbocycles. The second-order valence-electron chi connectivity index (χ2n) is 7.14. The van der Waals surface area contributed by atoms with Gasteiger partial charge in [-0.05, 0) is 48.9 Å². The Balaban J connectivity index is 1.43. The van der Waals surface area contributed by atoms with Crippen LogP contribution >= 0.6 is 22.9 Å². The summed E-state index contributed by atoms with van der Waals surface area (Å²) in [6.07, 6.45) is 1.68. The number of carbonyl (C=O) groups excluding carboxylic acids is 2. The Hall–Kier alpha value is -3.56. The SMILES string of the molecule is CCCc1nn2c(=O)cc(COC(=O)c3cccc(NC(=O)c4ccc(Cl)cc4)c3)nc2s1. The predicted molar refractivity (Wildman–Crippen MR) is 126 cm³/mol. The summed E-state index contributed by atoms with van der Waals surface area (Å²) in [6.45, 7) is 1.87. The van der Waals surface area contributed by atoms with Crippen molar-refractivity contribution in [3.05, 3.63) is 91.8 Å². The fourth-order valence-corrected chi connectivity index (χ4v) is 4.18. The lowest BCUT2D eigenvalue weighted by atomic mass is 10.1. The number of hydrogen-bond donors (Lipinski definition) is 1. The van der Waals surface area contributed by atoms with Crippen molar-refractivity contribution < 1.29 is 14.3 Å². The van der Waals surface area contributed by atoms with E-state index in [4.69, 9.17) is 16.3 Å². The third kappa shape index (κ3) is 5.44. The Labute approximate surface area is 197 Å². The van der Waals surface area contributed by atoms with Gasteiger partial charge in [0.2, 0.25) is 4.96 Å². The van der Waals surface area contributed by atoms with E-state index in [-0.39, 0.29) is 23.6 Å². The maximum absolute atomic E-state index is 12.5. The highest BCUT2D eigenvalue weighted by molar-refractivity contribution is 7.16. The third-order valence-electron chi connectivity index (χ3n) is 4.62. The van der Waals surface area contributed by atoms with Crippen LogP contribution in [0.2, 0.25) is 5.02 Å². The van der Waals surface area contributed by atoms with Gasteiger partial charge in [-0.25, -0.2) is 9.78 Å². The minimum Gasteiger partial charge on any atom is -0.456 e. The maximum Gasteiger partial charge on any atom is 0.338 e. The zero-order chi connectivity index (χ0) is 23.4. The number of amides is 1. The highest BCUT2D eigenvalue weighted by Gasteiger charge is 2.13. The molecule has 10 heteroatoms. The summed E-state index contributed by atoms with van der Waals surface area (Å²) in [4.78, 5) is 42.0. The average Bonchev–Trinajstić information content (AvgIpc) is 3.21. The summed E-state index contributed by atoms with van der Waals surface area (Å²) in [6, 6.07) is 14.2. The maximum atomic E-state index is 12.5. The summed E-state index contributed by atoms with van der Waals surface area (Å²) in [5.41, 5.74) is 1.15. The molecule has 2 aromatic carbocycles. The molecule has 0 atom stereocenters. The monoisotopic (exact) mass is 482 g/mol. The molecular formula is C23H19ClN4O4S. The standard InChI is InChI=1S/C23H19ClN4O4S/c1-2-4-19-27-28-20(29)12-18(26-23(28)33-19)13-32-22(31)15-5-3-6-17(11-15)25-21(30)14-7-9-16(24)10-8-14/h3,5-12H,2,4,13H2,1H3,(H,25,30). The van der Waals surface area contributed by atoms with Crippen LogP contribution in [0.3, 0.4) is 0 Å². The molecule has 0 saturated carbocycles. The molecule has 168 valence electrons. The minimum absolute atomic E-state index is 0.160. The van der Waals surface area contributed by atoms with E-state index in [1.807, 2.05) is 6.92 Å². The molecule has 0 unspecified atom stereocenters. The van der Waals surface area contributed by atoms with Gasteiger partial charge < -0.3 is 10.1 Å². The van der Waals surface area contributed by atoms with Gasteiger partial charge in [-0.15, -0.1) is 0 Å². The molecule has 4 rings (SSSR count). The van der Waals surface area contributed by atoms with Crippen LogP contribution in [0.5, 0.6) is 0 Å². The van der Waals surface area contributed by atoms with Crippen LogP contribution in [-0.2, 0) is 17.8 Å². The number of halogens is 1. The van der Waals surface area contributed by atoms with Gasteiger partial charge in [0.1, 0.15) is 11.6 Å². The van der Waals surface area contributed by atoms with E-state index in [1.54, 1.807) is 42.5 Å². The van der Waals surface area contributed by atoms with Gasteiger partial charge in [0, 0.05) is 28.8 Å². The molecule has 0 bridgehead atoms. The van der Waals surface area contributed by atoms with Crippen molar-refractivity contribution in [2.45, 2.75) is 26.4 Å². The number of nitrogens with one attached hydrogen (secondary N) is 1. The number of anilines is 1. The first kappa shape index (κ1) is 22.6. The van der Waals surface area contributed by atoms with Gasteiger partial charge in [-0.3, -0.25) is 9.59 Å². The summed E-state index contributed by atoms with van der Waals surface area (Å²) in [7, 11) is 0. The van der Waals surface area contributed by atoms with Crippen LogP contribution in [0.15, 0.2) is 59.4 Å². The molecule has 2 heterocycles. The Morgan fingerprint density at radius 1 is 1.12 bits per heavy atom. The van der Waals surface area contributed by atoms with Crippen molar-refractivity contribution in [3.63, 3.8) is 0 Å². The molecular weight excluding hydrogens is 464 g/mol. The first-order chi connectivity index (χ1) is 15.9. The number of fused-ring (bicyclic) bond motifs is 1. The second kappa shape index (κ2) is 9.93. The number of benzene rings is 2. The van der Waals surface area contributed by atoms with Crippen molar-refractivity contribution >= 4 is 45.5 Å². The largest absolute Gasteiger partial charge is 0.456 e. The van der Waals surface area contributed by atoms with Gasteiger partial charge in [0.15, 0.2) is 0 Å². The van der Waals surface area contributed by atoms with Crippen LogP contribution in [0.1, 0.15) is 44.8 Å². The van der Waals surface area contributed by atoms with Crippen LogP contribution in [-0.4, -0.2) is 26.5 Å². The van der Waals surface area contributed by atoms with Gasteiger partial charge in [-0.1, -0.05) is 35.9 Å². The lowest BCUT2D eigenvalue weighted by molar-refractivity contribution is 0.0467. The van der Waals surface area contributed by atoms with Crippen LogP contribution in [0, 0.1) is 0 Å². The number of nitrogens with zero attached hydrogens (tertiary/aromatic N) is 3. The molecule has 1 amide bonds. The van der Waals surface area contributed by atoms with E-state index in [2.05, 4.69) is 15.4 Å². The van der Waals surface area contributed by atoms with Gasteiger partial charge in [-0.2, -0.15) is 9.61 Å². The van der Waals surface area contributed by atoms with Gasteiger partial charge in [0.25, 0.3) is 11.5 Å². The lowest BCUT2D eigenvalue weighted by Crippen LogP contribution is -2.17. The van der Waals surface area contributed by atoms with E-state index in [1.165, 1.54) is 28.0 Å². The molecule has 33 heavy (non-hydrogen) atoms. The van der Waals surface area contributed by atoms with Crippen LogP contribution in [0.25, 0.3) is 4.96 Å². The topological polar surface area (TPSA) is 103 Å². The quantitative estimate of drug-likeness (QED) is 0.392. The smallest absolute Gasteiger partial charge is 0.338 e. The van der Waals surface area contributed by atoms with Crippen molar-refractivity contribution in [2.75, 3.05) is 5.32 Å². The van der Waals surface area contributed by atoms with Crippen molar-refractivity contribution in [3.8, 4) is 0 Å². The Kier molecular flexibility index (Phi) is 6.81. The van der Waals surface area contributed by atoms with E-state index >= 15 is 0 Å². The summed E-state index contributed by atoms with van der Waals surface area (Å²) < 4.78 is 6.60. The van der Waals surface area contributed by atoms with Crippen molar-refractivity contribution in [1.82, 2.24) is 14.6 Å². The number of esters is 1. The summed E-state index contributed by atoms with van der Waals surface area (Å²) in [5, 5.41) is 8.35. The average molecular weight is 483 g/mol. The number of rotatable bonds is 7. The van der Waals surface area contributed by atoms with E-state index < -0.39 is 5.97 Å². The number of hydrogen-bond acceptors (Lipinski definition) is 7. The molecule has 0 aliphatic rings. The van der Waals surface area contributed by atoms with Crippen molar-refractivity contribution in [2.24, 2.45) is 0 Å². The highest BCUT2D eigenvalue weighted by atomic mass is 35.5. The number of ether oxygens (including phenoxy) is 1. The molecule has 4 aromatic rings. The fraction of sp³-hybridized carbons (Fsp3) is 0.174. The summed E-state index contributed by atoms with van der Waals surface area (Å²) in [5.74, 6) is -0.933. The second-order valence-corrected chi connectivity index (χ2v) is 8.62. The zero-order valence-corrected chi connectivity index (χ0v) is 19.2. The molecule has 2 aromatic heterocycles. The molecule has 0 radical (unpaired) electrons. The number of aryl methyl sites for hydroxylation is 1. The molecule has 1 N–H and O–H groups in total. The summed E-state index contributed by atoms with van der Waals surface area (Å²) >= 11 is 7.19. The Bertz CT molecular complexity index is 1380. The van der Waals surface area contributed by atoms with Crippen LogP contribution in [0.4, 0.5) is 5.69 Å². The fourth-order valence-electron chi connectivity index (χ4n) is 3.04. The Morgan fingerprint density at radius 2 is 1.91 bits per heavy atom. The molecule has 8 nitrogen and oxygen atoms in total. The molecule has 0 aliphatic heterocycles. The number of aromatic nitrogens is 3. The molecule has 0 fully saturated rings. The highest BCUT2D eigenvalue weighted by Crippen LogP contribution is 2.16. The van der Waals surface area contributed by atoms with E-state index in [0.717, 1.165) is 17.8 Å². The van der Waals surface area contributed by atoms with E-state index in [9.17, 15) is 14.4 Å². The minimum atomic E-state index is -0.601. The normalized spacial score (nSPS) is 10.8. The van der Waals surface area contributed by atoms with Crippen molar-refractivity contribution in [1.29, 1.82) is 0 Å². The van der Waals surface area contributed by atoms with Gasteiger partial charge in [0.05, 0.1) is 11.3 Å². The molecule has 0 spiro atoms. The first-order valence-corrected chi connectivity index (χ1v) is 11.3. The third-order valence-corrected chi connectivity index (χ3v) is 5.84. The Morgan fingerprint density at radius 3 is 2.67 bits per heavy atom. The van der Waals surface area contributed by atoms with E-state index in [0.29, 0.717) is 26.9 Å². The molecule has 0 saturated heterocycles. The van der Waals surface area contributed by atoms with Crippen LogP contribution < -0.4 is 10.9 Å². The lowest BCUT2D eigenvalue weighted by Gasteiger charge is -2.08. The van der Waals surface area contributed by atoms with Gasteiger partial charge >= 0.3 is 5.97 Å².